The van der Waals surface area contributed by atoms with Crippen LogP contribution in [0.15, 0.2) is 30.3 Å². The van der Waals surface area contributed by atoms with Crippen molar-refractivity contribution in [2.45, 2.75) is 6.54 Å². The predicted molar refractivity (Wildman–Crippen MR) is 117 cm³/mol. The molecule has 0 spiro atoms. The number of sulfonamides is 1. The Morgan fingerprint density at radius 1 is 0.968 bits per heavy atom. The number of hydrogen-bond donors (Lipinski definition) is 1. The molecule has 3 aromatic rings. The van der Waals surface area contributed by atoms with E-state index < -0.39 is 10.0 Å². The summed E-state index contributed by atoms with van der Waals surface area (Å²) in [5.41, 5.74) is 1.05. The summed E-state index contributed by atoms with van der Waals surface area (Å²) < 4.78 is 41.6. The first kappa shape index (κ1) is 20.2. The summed E-state index contributed by atoms with van der Waals surface area (Å²) in [7, 11) is -1.64. The number of benzene rings is 3. The van der Waals surface area contributed by atoms with Gasteiger partial charge in [0.1, 0.15) is 0 Å². The van der Waals surface area contributed by atoms with E-state index in [1.165, 1.54) is 17.7 Å². The van der Waals surface area contributed by atoms with Crippen LogP contribution in [0.25, 0.3) is 21.5 Å². The second-order valence-corrected chi connectivity index (χ2v) is 9.95. The Labute approximate surface area is 180 Å². The van der Waals surface area contributed by atoms with Crippen LogP contribution in [0.1, 0.15) is 5.56 Å². The van der Waals surface area contributed by atoms with E-state index in [1.54, 1.807) is 6.07 Å². The highest BCUT2D eigenvalue weighted by atomic mass is 32.2. The fourth-order valence-corrected chi connectivity index (χ4v) is 5.21. The third kappa shape index (κ3) is 3.62. The van der Waals surface area contributed by atoms with E-state index in [0.717, 1.165) is 27.1 Å². The average molecular weight is 445 g/mol. The number of aromatic hydroxyl groups is 1. The quantitative estimate of drug-likeness (QED) is 0.619. The molecule has 1 N–H and O–H groups in total. The molecule has 5 rings (SSSR count). The van der Waals surface area contributed by atoms with Crippen molar-refractivity contribution in [3.05, 3.63) is 35.9 Å². The van der Waals surface area contributed by atoms with Crippen molar-refractivity contribution in [1.82, 2.24) is 9.21 Å². The first-order chi connectivity index (χ1) is 14.8. The van der Waals surface area contributed by atoms with Crippen molar-refractivity contribution in [3.63, 3.8) is 0 Å². The molecule has 0 radical (unpaired) electrons. The lowest BCUT2D eigenvalue weighted by Crippen LogP contribution is -2.47. The van der Waals surface area contributed by atoms with Gasteiger partial charge in [-0.25, -0.2) is 8.42 Å². The van der Waals surface area contributed by atoms with Gasteiger partial charge in [0.05, 0.1) is 13.4 Å². The number of hydrogen-bond acceptors (Lipinski definition) is 7. The molecule has 8 nitrogen and oxygen atoms in total. The molecule has 2 aliphatic rings. The summed E-state index contributed by atoms with van der Waals surface area (Å²) in [5.74, 6) is 1.90. The number of methoxy groups -OCH3 is 1. The third-order valence-electron chi connectivity index (χ3n) is 6.02. The molecule has 0 aromatic heterocycles. The fourth-order valence-electron chi connectivity index (χ4n) is 4.39. The van der Waals surface area contributed by atoms with Crippen LogP contribution in [0.2, 0.25) is 0 Å². The lowest BCUT2D eigenvalue weighted by molar-refractivity contribution is 0.174. The highest BCUT2D eigenvalue weighted by molar-refractivity contribution is 7.88. The highest BCUT2D eigenvalue weighted by Crippen LogP contribution is 2.42. The summed E-state index contributed by atoms with van der Waals surface area (Å²) in [4.78, 5) is 2.23. The zero-order valence-corrected chi connectivity index (χ0v) is 18.2. The maximum absolute atomic E-state index is 11.8. The predicted octanol–water partition coefficient (Wildman–Crippen LogP) is 2.51. The molecule has 1 saturated heterocycles. The standard InChI is InChI=1S/C22H24N2O6S/c1-28-20-11-18-16(9-19(20)25)15(12-23-3-5-24(6-4-23)31(2,26)27)7-14-8-21-22(10-17(14)18)30-13-29-21/h7-11,25H,3-6,12-13H2,1-2H3. The van der Waals surface area contributed by atoms with E-state index in [0.29, 0.717) is 50.0 Å². The van der Waals surface area contributed by atoms with Crippen LogP contribution >= 0.6 is 0 Å². The first-order valence-electron chi connectivity index (χ1n) is 10.1. The van der Waals surface area contributed by atoms with Gasteiger partial charge in [-0.3, -0.25) is 4.90 Å². The van der Waals surface area contributed by atoms with Crippen LogP contribution in [0.5, 0.6) is 23.0 Å². The first-order valence-corrected chi connectivity index (χ1v) is 11.9. The monoisotopic (exact) mass is 444 g/mol. The maximum Gasteiger partial charge on any atom is 0.231 e. The maximum atomic E-state index is 11.8. The summed E-state index contributed by atoms with van der Waals surface area (Å²) in [6, 6.07) is 9.63. The normalized spacial score (nSPS) is 17.5. The van der Waals surface area contributed by atoms with Crippen molar-refractivity contribution in [2.75, 3.05) is 46.3 Å². The van der Waals surface area contributed by atoms with Gasteiger partial charge in [0.2, 0.25) is 16.8 Å². The summed E-state index contributed by atoms with van der Waals surface area (Å²) >= 11 is 0. The molecular formula is C22H24N2O6S. The van der Waals surface area contributed by atoms with E-state index in [9.17, 15) is 13.5 Å². The fraction of sp³-hybridized carbons (Fsp3) is 0.364. The van der Waals surface area contributed by atoms with Crippen LogP contribution in [0.3, 0.4) is 0 Å². The lowest BCUT2D eigenvalue weighted by atomic mass is 9.95. The van der Waals surface area contributed by atoms with Crippen molar-refractivity contribution >= 4 is 31.6 Å². The van der Waals surface area contributed by atoms with Gasteiger partial charge >= 0.3 is 0 Å². The minimum Gasteiger partial charge on any atom is -0.504 e. The molecule has 164 valence electrons. The van der Waals surface area contributed by atoms with Gasteiger partial charge < -0.3 is 19.3 Å². The summed E-state index contributed by atoms with van der Waals surface area (Å²) in [6.45, 7) is 3.09. The Kier molecular flexibility index (Phi) is 4.84. The van der Waals surface area contributed by atoms with Crippen molar-refractivity contribution in [3.8, 4) is 23.0 Å². The van der Waals surface area contributed by atoms with Crippen LogP contribution in [-0.4, -0.2) is 69.1 Å². The van der Waals surface area contributed by atoms with Crippen LogP contribution < -0.4 is 14.2 Å². The Morgan fingerprint density at radius 2 is 1.68 bits per heavy atom. The van der Waals surface area contributed by atoms with Crippen LogP contribution in [0, 0.1) is 0 Å². The van der Waals surface area contributed by atoms with E-state index >= 15 is 0 Å². The van der Waals surface area contributed by atoms with Gasteiger partial charge in [0.15, 0.2) is 23.0 Å². The molecule has 3 aromatic carbocycles. The molecule has 2 heterocycles. The number of phenols is 1. The zero-order valence-electron chi connectivity index (χ0n) is 17.4. The van der Waals surface area contributed by atoms with Crippen LogP contribution in [-0.2, 0) is 16.6 Å². The molecule has 0 aliphatic carbocycles. The molecule has 9 heteroatoms. The Morgan fingerprint density at radius 3 is 2.35 bits per heavy atom. The third-order valence-corrected chi connectivity index (χ3v) is 7.33. The molecule has 2 aliphatic heterocycles. The van der Waals surface area contributed by atoms with Crippen molar-refractivity contribution in [1.29, 1.82) is 0 Å². The number of piperazine rings is 1. The molecule has 31 heavy (non-hydrogen) atoms. The van der Waals surface area contributed by atoms with Crippen molar-refractivity contribution < 1.29 is 27.7 Å². The topological polar surface area (TPSA) is 88.5 Å². The van der Waals surface area contributed by atoms with E-state index in [1.807, 2.05) is 18.2 Å². The van der Waals surface area contributed by atoms with E-state index in [4.69, 9.17) is 14.2 Å². The van der Waals surface area contributed by atoms with Crippen molar-refractivity contribution in [2.24, 2.45) is 0 Å². The largest absolute Gasteiger partial charge is 0.504 e. The number of fused-ring (bicyclic) bond motifs is 4. The highest BCUT2D eigenvalue weighted by Gasteiger charge is 2.24. The minimum atomic E-state index is -3.17. The van der Waals surface area contributed by atoms with Gasteiger partial charge in [-0.05, 0) is 57.4 Å². The van der Waals surface area contributed by atoms with Gasteiger partial charge in [0, 0.05) is 32.7 Å². The number of ether oxygens (including phenoxy) is 3. The number of nitrogens with zero attached hydrogens (tertiary/aromatic N) is 2. The van der Waals surface area contributed by atoms with Crippen LogP contribution in [0.4, 0.5) is 0 Å². The Hall–Kier alpha value is -2.75. The van der Waals surface area contributed by atoms with Gasteiger partial charge in [0.25, 0.3) is 0 Å². The van der Waals surface area contributed by atoms with E-state index in [-0.39, 0.29) is 12.5 Å². The summed E-state index contributed by atoms with van der Waals surface area (Å²) in [6.07, 6.45) is 1.25. The summed E-state index contributed by atoms with van der Waals surface area (Å²) in [5, 5.41) is 14.3. The molecule has 0 unspecified atom stereocenters. The second-order valence-electron chi connectivity index (χ2n) is 7.97. The minimum absolute atomic E-state index is 0.0817. The van der Waals surface area contributed by atoms with Gasteiger partial charge in [-0.2, -0.15) is 4.31 Å². The molecular weight excluding hydrogens is 420 g/mol. The Balaban J connectivity index is 1.58. The average Bonchev–Trinajstić information content (AvgIpc) is 3.19. The SMILES string of the molecule is COc1cc2c(cc1O)c(CN1CCN(S(C)(=O)=O)CC1)cc1cc3c(cc12)OCO3. The molecule has 0 amide bonds. The Bertz CT molecular complexity index is 1280. The van der Waals surface area contributed by atoms with E-state index in [2.05, 4.69) is 11.0 Å². The molecule has 0 atom stereocenters. The number of rotatable bonds is 4. The molecule has 1 fully saturated rings. The molecule has 0 saturated carbocycles. The smallest absolute Gasteiger partial charge is 0.231 e. The number of phenolic OH excluding ortho intramolecular Hbond substituents is 1. The second kappa shape index (κ2) is 7.44. The van der Waals surface area contributed by atoms with Gasteiger partial charge in [-0.15, -0.1) is 0 Å². The zero-order chi connectivity index (χ0) is 21.8. The lowest BCUT2D eigenvalue weighted by Gasteiger charge is -2.33. The van der Waals surface area contributed by atoms with Gasteiger partial charge in [-0.1, -0.05) is 0 Å². The molecule has 0 bridgehead atoms.